The van der Waals surface area contributed by atoms with Gasteiger partial charge in [-0.15, -0.1) is 0 Å². The highest BCUT2D eigenvalue weighted by Gasteiger charge is 2.16. The van der Waals surface area contributed by atoms with Gasteiger partial charge in [0, 0.05) is 20.7 Å². The highest BCUT2D eigenvalue weighted by molar-refractivity contribution is 9.11. The van der Waals surface area contributed by atoms with Gasteiger partial charge in [0.25, 0.3) is 0 Å². The van der Waals surface area contributed by atoms with Gasteiger partial charge in [0.1, 0.15) is 5.76 Å². The largest absolute Gasteiger partial charge is 0.506 e. The molecule has 0 saturated heterocycles. The second-order valence-corrected chi connectivity index (χ2v) is 5.83. The van der Waals surface area contributed by atoms with Crippen molar-refractivity contribution in [2.45, 2.75) is 6.92 Å². The van der Waals surface area contributed by atoms with Crippen LogP contribution in [0.1, 0.15) is 12.5 Å². The van der Waals surface area contributed by atoms with Gasteiger partial charge in [-0.2, -0.15) is 0 Å². The van der Waals surface area contributed by atoms with Crippen LogP contribution in [0.3, 0.4) is 0 Å². The second kappa shape index (κ2) is 7.93. The highest BCUT2D eigenvalue weighted by atomic mass is 79.9. The fourth-order valence-corrected chi connectivity index (χ4v) is 2.68. The molecule has 0 heterocycles. The average molecular weight is 426 g/mol. The number of aliphatic hydroxyl groups is 2. The van der Waals surface area contributed by atoms with Crippen molar-refractivity contribution in [1.29, 1.82) is 0 Å². The van der Waals surface area contributed by atoms with Crippen LogP contribution in [-0.4, -0.2) is 35.4 Å². The number of aliphatic imine (C=N–C) groups is 1. The SMILES string of the molecule is CC(=O)/C(C=NCCO)=C(\O)c1ccc(Br)c(Cl)c1Br. The Morgan fingerprint density at radius 2 is 2.10 bits per heavy atom. The van der Waals surface area contributed by atoms with Crippen LogP contribution < -0.4 is 0 Å². The van der Waals surface area contributed by atoms with Crippen molar-refractivity contribution in [2.75, 3.05) is 13.2 Å². The third-order valence-electron chi connectivity index (χ3n) is 2.37. The summed E-state index contributed by atoms with van der Waals surface area (Å²) >= 11 is 12.6. The predicted octanol–water partition coefficient (Wildman–Crippen LogP) is 3.79. The molecular formula is C13H12Br2ClNO3. The van der Waals surface area contributed by atoms with E-state index in [-0.39, 0.29) is 30.3 Å². The van der Waals surface area contributed by atoms with Crippen molar-refractivity contribution < 1.29 is 15.0 Å². The molecule has 2 N–H and O–H groups in total. The molecule has 0 fully saturated rings. The minimum atomic E-state index is -0.338. The van der Waals surface area contributed by atoms with E-state index in [1.54, 1.807) is 12.1 Å². The van der Waals surface area contributed by atoms with E-state index < -0.39 is 0 Å². The molecule has 7 heteroatoms. The van der Waals surface area contributed by atoms with E-state index in [1.165, 1.54) is 13.1 Å². The Hall–Kier alpha value is -0.690. The molecule has 4 nitrogen and oxygen atoms in total. The van der Waals surface area contributed by atoms with Crippen LogP contribution >= 0.6 is 43.5 Å². The van der Waals surface area contributed by atoms with Crippen molar-refractivity contribution >= 4 is 61.2 Å². The number of Topliss-reactive ketones (excluding diaryl/α,β-unsaturated/α-hetero) is 1. The predicted molar refractivity (Wildman–Crippen MR) is 87.5 cm³/mol. The fourth-order valence-electron chi connectivity index (χ4n) is 1.39. The highest BCUT2D eigenvalue weighted by Crippen LogP contribution is 2.36. The number of benzene rings is 1. The smallest absolute Gasteiger partial charge is 0.165 e. The first-order valence-electron chi connectivity index (χ1n) is 5.58. The summed E-state index contributed by atoms with van der Waals surface area (Å²) in [5.74, 6) is -0.560. The second-order valence-electron chi connectivity index (χ2n) is 3.80. The molecule has 20 heavy (non-hydrogen) atoms. The van der Waals surface area contributed by atoms with Gasteiger partial charge < -0.3 is 10.2 Å². The summed E-state index contributed by atoms with van der Waals surface area (Å²) in [5.41, 5.74) is 0.441. The zero-order valence-electron chi connectivity index (χ0n) is 10.5. The third-order valence-corrected chi connectivity index (χ3v) is 4.71. The topological polar surface area (TPSA) is 69.9 Å². The van der Waals surface area contributed by atoms with Gasteiger partial charge in [-0.1, -0.05) is 11.6 Å². The maximum absolute atomic E-state index is 11.6. The number of hydrogen-bond acceptors (Lipinski definition) is 4. The van der Waals surface area contributed by atoms with Gasteiger partial charge in [-0.05, 0) is 50.9 Å². The van der Waals surface area contributed by atoms with Crippen LogP contribution in [0.5, 0.6) is 0 Å². The normalized spacial score (nSPS) is 12.7. The lowest BCUT2D eigenvalue weighted by atomic mass is 10.1. The van der Waals surface area contributed by atoms with E-state index in [9.17, 15) is 9.90 Å². The number of aliphatic hydroxyl groups excluding tert-OH is 2. The summed E-state index contributed by atoms with van der Waals surface area (Å²) < 4.78 is 1.14. The van der Waals surface area contributed by atoms with Gasteiger partial charge in [-0.25, -0.2) is 0 Å². The molecule has 1 aromatic carbocycles. The summed E-state index contributed by atoms with van der Waals surface area (Å²) in [6.45, 7) is 1.35. The Morgan fingerprint density at radius 1 is 1.45 bits per heavy atom. The zero-order valence-corrected chi connectivity index (χ0v) is 14.5. The first-order valence-corrected chi connectivity index (χ1v) is 7.55. The van der Waals surface area contributed by atoms with Crippen LogP contribution in [0.4, 0.5) is 0 Å². The Bertz CT molecular complexity index is 585. The van der Waals surface area contributed by atoms with E-state index >= 15 is 0 Å². The number of carbonyl (C=O) groups is 1. The minimum absolute atomic E-state index is 0.0533. The number of hydrogen-bond donors (Lipinski definition) is 2. The first-order chi connectivity index (χ1) is 9.40. The number of halogens is 3. The van der Waals surface area contributed by atoms with Gasteiger partial charge >= 0.3 is 0 Å². The Balaban J connectivity index is 3.36. The maximum Gasteiger partial charge on any atom is 0.165 e. The molecule has 0 unspecified atom stereocenters. The lowest BCUT2D eigenvalue weighted by Gasteiger charge is -2.09. The molecular weight excluding hydrogens is 413 g/mol. The summed E-state index contributed by atoms with van der Waals surface area (Å²) in [6, 6.07) is 3.29. The van der Waals surface area contributed by atoms with Crippen molar-refractivity contribution in [1.82, 2.24) is 0 Å². The van der Waals surface area contributed by atoms with Gasteiger partial charge in [-0.3, -0.25) is 9.79 Å². The molecule has 0 aliphatic carbocycles. The summed E-state index contributed by atoms with van der Waals surface area (Å²) in [5, 5.41) is 19.3. The fraction of sp³-hybridized carbons (Fsp3) is 0.231. The van der Waals surface area contributed by atoms with Gasteiger partial charge in [0.15, 0.2) is 5.78 Å². The Morgan fingerprint density at radius 3 is 2.65 bits per heavy atom. The van der Waals surface area contributed by atoms with Crippen LogP contribution in [0.15, 0.2) is 31.6 Å². The van der Waals surface area contributed by atoms with Crippen LogP contribution in [0.2, 0.25) is 5.02 Å². The molecule has 1 rings (SSSR count). The molecule has 0 radical (unpaired) electrons. The summed E-state index contributed by atoms with van der Waals surface area (Å²) in [6.07, 6.45) is 1.25. The van der Waals surface area contributed by atoms with Crippen molar-refractivity contribution in [2.24, 2.45) is 4.99 Å². The molecule has 0 spiro atoms. The van der Waals surface area contributed by atoms with Gasteiger partial charge in [0.05, 0.1) is 23.7 Å². The first kappa shape index (κ1) is 17.4. The number of allylic oxidation sites excluding steroid dienone is 1. The van der Waals surface area contributed by atoms with Crippen molar-refractivity contribution in [3.63, 3.8) is 0 Å². The molecule has 1 aromatic rings. The molecule has 0 aliphatic rings. The minimum Gasteiger partial charge on any atom is -0.506 e. The summed E-state index contributed by atoms with van der Waals surface area (Å²) in [4.78, 5) is 15.4. The van der Waals surface area contributed by atoms with E-state index in [4.69, 9.17) is 16.7 Å². The van der Waals surface area contributed by atoms with Crippen LogP contribution in [-0.2, 0) is 4.79 Å². The third kappa shape index (κ3) is 4.15. The molecule has 0 saturated carbocycles. The lowest BCUT2D eigenvalue weighted by Crippen LogP contribution is -2.04. The van der Waals surface area contributed by atoms with E-state index in [2.05, 4.69) is 36.9 Å². The lowest BCUT2D eigenvalue weighted by molar-refractivity contribution is -0.113. The van der Waals surface area contributed by atoms with Crippen LogP contribution in [0, 0.1) is 0 Å². The number of ketones is 1. The van der Waals surface area contributed by atoms with E-state index in [0.29, 0.717) is 19.5 Å². The van der Waals surface area contributed by atoms with Crippen molar-refractivity contribution in [3.8, 4) is 0 Å². The number of rotatable bonds is 5. The molecule has 0 atom stereocenters. The molecule has 108 valence electrons. The number of carbonyl (C=O) groups excluding carboxylic acids is 1. The molecule has 0 bridgehead atoms. The molecule has 0 aliphatic heterocycles. The summed E-state index contributed by atoms with van der Waals surface area (Å²) in [7, 11) is 0. The Labute approximate surface area is 138 Å². The maximum atomic E-state index is 11.6. The van der Waals surface area contributed by atoms with E-state index in [0.717, 1.165) is 0 Å². The zero-order chi connectivity index (χ0) is 15.3. The van der Waals surface area contributed by atoms with Crippen molar-refractivity contribution in [3.05, 3.63) is 37.2 Å². The Kier molecular flexibility index (Phi) is 6.88. The quantitative estimate of drug-likeness (QED) is 0.326. The van der Waals surface area contributed by atoms with Crippen LogP contribution in [0.25, 0.3) is 5.76 Å². The number of nitrogens with zero attached hydrogens (tertiary/aromatic N) is 1. The molecule has 0 aromatic heterocycles. The molecule has 0 amide bonds. The van der Waals surface area contributed by atoms with E-state index in [1.807, 2.05) is 0 Å². The average Bonchev–Trinajstić information content (AvgIpc) is 2.40. The standard InChI is InChI=1S/C13H12Br2ClNO3/c1-7(19)9(6-17-4-5-18)13(20)8-2-3-10(14)12(16)11(8)15/h2-3,6,18,20H,4-5H2,1H3/b13-9-,17-6?. The monoisotopic (exact) mass is 423 g/mol. The van der Waals surface area contributed by atoms with Gasteiger partial charge in [0.2, 0.25) is 0 Å².